The lowest BCUT2D eigenvalue weighted by molar-refractivity contribution is 0.494. The maximum Gasteiger partial charge on any atom is 0.249 e. The normalized spacial score (nSPS) is 10.6. The first-order chi connectivity index (χ1) is 7.90. The molecular formula is C10H13N5O. The molecule has 0 aliphatic carbocycles. The van der Waals surface area contributed by atoms with Crippen LogP contribution < -0.4 is 5.32 Å². The SMILES string of the molecule is CNCCCc1nnc(-c2ccnnc2)o1. The number of nitrogens with zero attached hydrogens (tertiary/aromatic N) is 4. The Hall–Kier alpha value is -1.82. The van der Waals surface area contributed by atoms with Crippen molar-refractivity contribution >= 4 is 0 Å². The Morgan fingerprint density at radius 1 is 1.31 bits per heavy atom. The molecule has 0 bridgehead atoms. The maximum atomic E-state index is 5.50. The van der Waals surface area contributed by atoms with Gasteiger partial charge in [-0.1, -0.05) is 0 Å². The van der Waals surface area contributed by atoms with Crippen LogP contribution in [0, 0.1) is 0 Å². The molecule has 2 aromatic rings. The highest BCUT2D eigenvalue weighted by Crippen LogP contribution is 2.15. The molecule has 0 amide bonds. The third-order valence-corrected chi connectivity index (χ3v) is 2.12. The second-order valence-corrected chi connectivity index (χ2v) is 3.34. The molecule has 0 spiro atoms. The second-order valence-electron chi connectivity index (χ2n) is 3.34. The fourth-order valence-corrected chi connectivity index (χ4v) is 1.30. The van der Waals surface area contributed by atoms with Crippen molar-refractivity contribution in [3.8, 4) is 11.5 Å². The smallest absolute Gasteiger partial charge is 0.249 e. The zero-order valence-corrected chi connectivity index (χ0v) is 9.05. The molecule has 16 heavy (non-hydrogen) atoms. The van der Waals surface area contributed by atoms with Crippen molar-refractivity contribution < 1.29 is 4.42 Å². The van der Waals surface area contributed by atoms with E-state index in [1.165, 1.54) is 0 Å². The van der Waals surface area contributed by atoms with E-state index in [2.05, 4.69) is 25.7 Å². The number of aromatic nitrogens is 4. The lowest BCUT2D eigenvalue weighted by Gasteiger charge is -1.94. The Bertz CT molecular complexity index is 428. The molecule has 0 radical (unpaired) electrons. The van der Waals surface area contributed by atoms with Crippen LogP contribution in [0.4, 0.5) is 0 Å². The molecule has 0 aliphatic heterocycles. The quantitative estimate of drug-likeness (QED) is 0.745. The zero-order valence-electron chi connectivity index (χ0n) is 9.05. The highest BCUT2D eigenvalue weighted by Gasteiger charge is 2.07. The third kappa shape index (κ3) is 2.60. The van der Waals surface area contributed by atoms with Gasteiger partial charge in [-0.05, 0) is 26.1 Å². The van der Waals surface area contributed by atoms with E-state index in [0.29, 0.717) is 11.8 Å². The average molecular weight is 219 g/mol. The van der Waals surface area contributed by atoms with Gasteiger partial charge in [0, 0.05) is 6.42 Å². The Morgan fingerprint density at radius 2 is 2.25 bits per heavy atom. The summed E-state index contributed by atoms with van der Waals surface area (Å²) in [4.78, 5) is 0. The molecule has 0 aromatic carbocycles. The van der Waals surface area contributed by atoms with E-state index < -0.39 is 0 Å². The molecule has 84 valence electrons. The molecule has 0 saturated carbocycles. The highest BCUT2D eigenvalue weighted by atomic mass is 16.4. The third-order valence-electron chi connectivity index (χ3n) is 2.12. The first-order valence-electron chi connectivity index (χ1n) is 5.14. The van der Waals surface area contributed by atoms with Crippen LogP contribution in [-0.2, 0) is 6.42 Å². The average Bonchev–Trinajstić information content (AvgIpc) is 2.79. The fourth-order valence-electron chi connectivity index (χ4n) is 1.30. The number of rotatable bonds is 5. The lowest BCUT2D eigenvalue weighted by atomic mass is 10.3. The van der Waals surface area contributed by atoms with Gasteiger partial charge in [0.05, 0.1) is 18.0 Å². The van der Waals surface area contributed by atoms with Crippen LogP contribution in [0.2, 0.25) is 0 Å². The van der Waals surface area contributed by atoms with Crippen molar-refractivity contribution in [3.05, 3.63) is 24.4 Å². The molecule has 0 fully saturated rings. The summed E-state index contributed by atoms with van der Waals surface area (Å²) in [6.45, 7) is 0.939. The highest BCUT2D eigenvalue weighted by molar-refractivity contribution is 5.49. The molecule has 2 heterocycles. The van der Waals surface area contributed by atoms with Gasteiger partial charge in [-0.25, -0.2) is 0 Å². The van der Waals surface area contributed by atoms with Gasteiger partial charge >= 0.3 is 0 Å². The zero-order chi connectivity index (χ0) is 11.2. The van der Waals surface area contributed by atoms with Gasteiger partial charge in [0.25, 0.3) is 0 Å². The van der Waals surface area contributed by atoms with Crippen molar-refractivity contribution in [3.63, 3.8) is 0 Å². The summed E-state index contributed by atoms with van der Waals surface area (Å²) in [6, 6.07) is 1.79. The van der Waals surface area contributed by atoms with E-state index in [1.54, 1.807) is 18.5 Å². The Balaban J connectivity index is 2.02. The first-order valence-corrected chi connectivity index (χ1v) is 5.14. The topological polar surface area (TPSA) is 76.7 Å². The summed E-state index contributed by atoms with van der Waals surface area (Å²) in [5.74, 6) is 1.15. The number of aryl methyl sites for hydroxylation is 1. The van der Waals surface area contributed by atoms with Gasteiger partial charge in [-0.3, -0.25) is 0 Å². The molecule has 2 aromatic heterocycles. The predicted octanol–water partition coefficient (Wildman–Crippen LogP) is 0.679. The van der Waals surface area contributed by atoms with E-state index >= 15 is 0 Å². The summed E-state index contributed by atoms with van der Waals surface area (Å²) in [7, 11) is 1.92. The lowest BCUT2D eigenvalue weighted by Crippen LogP contribution is -2.08. The molecule has 2 rings (SSSR count). The number of hydrogen-bond acceptors (Lipinski definition) is 6. The first kappa shape index (κ1) is 10.7. The van der Waals surface area contributed by atoms with Gasteiger partial charge in [0.2, 0.25) is 11.8 Å². The minimum atomic E-state index is 0.495. The molecule has 0 aliphatic rings. The van der Waals surface area contributed by atoms with E-state index in [9.17, 15) is 0 Å². The molecule has 6 nitrogen and oxygen atoms in total. The molecule has 6 heteroatoms. The van der Waals surface area contributed by atoms with Crippen LogP contribution in [0.25, 0.3) is 11.5 Å². The van der Waals surface area contributed by atoms with Crippen molar-refractivity contribution in [2.75, 3.05) is 13.6 Å². The molecule has 0 unspecified atom stereocenters. The van der Waals surface area contributed by atoms with Crippen molar-refractivity contribution in [2.24, 2.45) is 0 Å². The summed E-state index contributed by atoms with van der Waals surface area (Å²) >= 11 is 0. The molecule has 0 atom stereocenters. The van der Waals surface area contributed by atoms with Crippen LogP contribution in [0.3, 0.4) is 0 Å². The number of hydrogen-bond donors (Lipinski definition) is 1. The van der Waals surface area contributed by atoms with Crippen LogP contribution in [0.5, 0.6) is 0 Å². The summed E-state index contributed by atoms with van der Waals surface area (Å²) < 4.78 is 5.50. The van der Waals surface area contributed by atoms with Crippen LogP contribution in [0.15, 0.2) is 22.9 Å². The molecule has 0 saturated heterocycles. The fraction of sp³-hybridized carbons (Fsp3) is 0.400. The summed E-state index contributed by atoms with van der Waals surface area (Å²) in [5, 5.41) is 18.4. The molecule has 1 N–H and O–H groups in total. The van der Waals surface area contributed by atoms with Crippen molar-refractivity contribution in [1.82, 2.24) is 25.7 Å². The predicted molar refractivity (Wildman–Crippen MR) is 57.6 cm³/mol. The van der Waals surface area contributed by atoms with E-state index in [-0.39, 0.29) is 0 Å². The van der Waals surface area contributed by atoms with E-state index in [4.69, 9.17) is 4.42 Å². The minimum absolute atomic E-state index is 0.495. The Labute approximate surface area is 93.1 Å². The van der Waals surface area contributed by atoms with E-state index in [1.807, 2.05) is 7.05 Å². The van der Waals surface area contributed by atoms with Crippen molar-refractivity contribution in [1.29, 1.82) is 0 Å². The van der Waals surface area contributed by atoms with Crippen LogP contribution in [0.1, 0.15) is 12.3 Å². The largest absolute Gasteiger partial charge is 0.421 e. The Kier molecular flexibility index (Phi) is 3.55. The van der Waals surface area contributed by atoms with Crippen LogP contribution >= 0.6 is 0 Å². The summed E-state index contributed by atoms with van der Waals surface area (Å²) in [6.07, 6.45) is 4.96. The van der Waals surface area contributed by atoms with Gasteiger partial charge in [0.1, 0.15) is 0 Å². The monoisotopic (exact) mass is 219 g/mol. The van der Waals surface area contributed by atoms with Gasteiger partial charge in [-0.15, -0.1) is 10.2 Å². The maximum absolute atomic E-state index is 5.50. The minimum Gasteiger partial charge on any atom is -0.421 e. The van der Waals surface area contributed by atoms with Gasteiger partial charge < -0.3 is 9.73 Å². The van der Waals surface area contributed by atoms with Gasteiger partial charge in [-0.2, -0.15) is 10.2 Å². The standard InChI is InChI=1S/C10H13N5O/c1-11-5-2-3-9-14-15-10(16-9)8-4-6-12-13-7-8/h4,6-7,11H,2-3,5H2,1H3. The second kappa shape index (κ2) is 5.32. The molecular weight excluding hydrogens is 206 g/mol. The van der Waals surface area contributed by atoms with Gasteiger partial charge in [0.15, 0.2) is 0 Å². The van der Waals surface area contributed by atoms with E-state index in [0.717, 1.165) is 24.9 Å². The summed E-state index contributed by atoms with van der Waals surface area (Å²) in [5.41, 5.74) is 0.794. The number of nitrogens with one attached hydrogen (secondary N) is 1. The van der Waals surface area contributed by atoms with Crippen LogP contribution in [-0.4, -0.2) is 34.0 Å². The Morgan fingerprint density at radius 3 is 3.00 bits per heavy atom. The van der Waals surface area contributed by atoms with Crippen molar-refractivity contribution in [2.45, 2.75) is 12.8 Å².